The van der Waals surface area contributed by atoms with Crippen molar-refractivity contribution in [2.24, 2.45) is 17.1 Å². The monoisotopic (exact) mass is 234 g/mol. The number of rotatable bonds is 6. The molecule has 0 spiro atoms. The molecule has 15 heavy (non-hydrogen) atoms. The fourth-order valence-corrected chi connectivity index (χ4v) is 3.41. The van der Waals surface area contributed by atoms with Crippen molar-refractivity contribution in [3.8, 4) is 0 Å². The summed E-state index contributed by atoms with van der Waals surface area (Å²) < 4.78 is 25.9. The highest BCUT2D eigenvalue weighted by atomic mass is 32.2. The molecule has 4 nitrogen and oxygen atoms in total. The Morgan fingerprint density at radius 3 is 2.33 bits per heavy atom. The number of sulfonamides is 1. The van der Waals surface area contributed by atoms with Crippen LogP contribution in [0.25, 0.3) is 0 Å². The van der Waals surface area contributed by atoms with Crippen LogP contribution in [0.2, 0.25) is 0 Å². The average molecular weight is 234 g/mol. The number of nitrogens with one attached hydrogen (secondary N) is 1. The quantitative estimate of drug-likeness (QED) is 0.710. The zero-order valence-electron chi connectivity index (χ0n) is 9.62. The second-order valence-electron chi connectivity index (χ2n) is 5.05. The van der Waals surface area contributed by atoms with Crippen molar-refractivity contribution in [1.29, 1.82) is 0 Å². The molecule has 0 aromatic heterocycles. The van der Waals surface area contributed by atoms with Crippen LogP contribution < -0.4 is 10.5 Å². The van der Waals surface area contributed by atoms with Gasteiger partial charge in [0, 0.05) is 6.54 Å². The predicted octanol–water partition coefficient (Wildman–Crippen LogP) is 0.691. The van der Waals surface area contributed by atoms with E-state index in [2.05, 4.69) is 4.72 Å². The Morgan fingerprint density at radius 1 is 1.40 bits per heavy atom. The number of nitrogens with two attached hydrogens (primary N) is 1. The van der Waals surface area contributed by atoms with E-state index in [0.717, 1.165) is 12.8 Å². The summed E-state index contributed by atoms with van der Waals surface area (Å²) >= 11 is 0. The van der Waals surface area contributed by atoms with Gasteiger partial charge in [-0.25, -0.2) is 13.1 Å². The standard InChI is InChI=1S/C10H22N2O2S/c1-9(2)6-15(13,14)12-8-10(7-11)4-3-5-10/h9,12H,3-8,11H2,1-2H3. The molecule has 1 saturated carbocycles. The molecule has 0 aromatic rings. The fraction of sp³-hybridized carbons (Fsp3) is 1.00. The van der Waals surface area contributed by atoms with E-state index >= 15 is 0 Å². The molecule has 5 heteroatoms. The van der Waals surface area contributed by atoms with Crippen LogP contribution in [0.15, 0.2) is 0 Å². The Balaban J connectivity index is 2.42. The highest BCUT2D eigenvalue weighted by molar-refractivity contribution is 7.89. The maximum atomic E-state index is 11.6. The fourth-order valence-electron chi connectivity index (χ4n) is 1.89. The van der Waals surface area contributed by atoms with E-state index in [1.54, 1.807) is 0 Å². The molecule has 1 rings (SSSR count). The van der Waals surface area contributed by atoms with E-state index in [0.29, 0.717) is 13.1 Å². The molecule has 0 radical (unpaired) electrons. The van der Waals surface area contributed by atoms with E-state index < -0.39 is 10.0 Å². The summed E-state index contributed by atoms with van der Waals surface area (Å²) in [6.45, 7) is 4.90. The average Bonchev–Trinajstić information content (AvgIpc) is 2.00. The van der Waals surface area contributed by atoms with Gasteiger partial charge < -0.3 is 5.73 Å². The zero-order valence-corrected chi connectivity index (χ0v) is 10.4. The van der Waals surface area contributed by atoms with Gasteiger partial charge >= 0.3 is 0 Å². The van der Waals surface area contributed by atoms with Crippen molar-refractivity contribution in [3.63, 3.8) is 0 Å². The van der Waals surface area contributed by atoms with Gasteiger partial charge in [0.2, 0.25) is 10.0 Å². The van der Waals surface area contributed by atoms with Crippen LogP contribution in [0, 0.1) is 11.3 Å². The summed E-state index contributed by atoms with van der Waals surface area (Å²) in [6, 6.07) is 0. The normalized spacial score (nSPS) is 20.3. The van der Waals surface area contributed by atoms with E-state index in [1.807, 2.05) is 13.8 Å². The topological polar surface area (TPSA) is 72.2 Å². The molecule has 0 bridgehead atoms. The van der Waals surface area contributed by atoms with Gasteiger partial charge in [0.1, 0.15) is 0 Å². The van der Waals surface area contributed by atoms with Crippen molar-refractivity contribution >= 4 is 10.0 Å². The van der Waals surface area contributed by atoms with Crippen LogP contribution >= 0.6 is 0 Å². The van der Waals surface area contributed by atoms with Crippen LogP contribution in [0.4, 0.5) is 0 Å². The summed E-state index contributed by atoms with van der Waals surface area (Å²) in [5.74, 6) is 0.367. The van der Waals surface area contributed by atoms with Crippen molar-refractivity contribution in [1.82, 2.24) is 4.72 Å². The first-order valence-electron chi connectivity index (χ1n) is 5.57. The van der Waals surface area contributed by atoms with Gasteiger partial charge in [-0.2, -0.15) is 0 Å². The van der Waals surface area contributed by atoms with Crippen LogP contribution in [-0.4, -0.2) is 27.3 Å². The van der Waals surface area contributed by atoms with Crippen LogP contribution in [-0.2, 0) is 10.0 Å². The van der Waals surface area contributed by atoms with Gasteiger partial charge in [-0.05, 0) is 30.7 Å². The molecule has 1 fully saturated rings. The van der Waals surface area contributed by atoms with Crippen molar-refractivity contribution in [3.05, 3.63) is 0 Å². The summed E-state index contributed by atoms with van der Waals surface area (Å²) in [5, 5.41) is 0. The molecule has 1 aliphatic rings. The lowest BCUT2D eigenvalue weighted by Crippen LogP contribution is -2.47. The van der Waals surface area contributed by atoms with Crippen molar-refractivity contribution < 1.29 is 8.42 Å². The second kappa shape index (κ2) is 4.80. The van der Waals surface area contributed by atoms with Gasteiger partial charge in [-0.15, -0.1) is 0 Å². The first kappa shape index (κ1) is 12.9. The predicted molar refractivity (Wildman–Crippen MR) is 62.0 cm³/mol. The summed E-state index contributed by atoms with van der Waals surface area (Å²) in [7, 11) is -3.11. The molecule has 0 unspecified atom stereocenters. The molecule has 3 N–H and O–H groups in total. The highest BCUT2D eigenvalue weighted by Gasteiger charge is 2.36. The van der Waals surface area contributed by atoms with Gasteiger partial charge in [0.25, 0.3) is 0 Å². The summed E-state index contributed by atoms with van der Waals surface area (Å²) in [4.78, 5) is 0. The van der Waals surface area contributed by atoms with Gasteiger partial charge in [0.05, 0.1) is 5.75 Å². The smallest absolute Gasteiger partial charge is 0.211 e. The lowest BCUT2D eigenvalue weighted by atomic mass is 9.69. The number of hydrogen-bond donors (Lipinski definition) is 2. The lowest BCUT2D eigenvalue weighted by molar-refractivity contribution is 0.150. The Bertz CT molecular complexity index is 289. The van der Waals surface area contributed by atoms with Gasteiger partial charge in [-0.1, -0.05) is 20.3 Å². The van der Waals surface area contributed by atoms with Crippen molar-refractivity contribution in [2.75, 3.05) is 18.8 Å². The SMILES string of the molecule is CC(C)CS(=O)(=O)NCC1(CN)CCC1. The van der Waals surface area contributed by atoms with Gasteiger partial charge in [-0.3, -0.25) is 0 Å². The Labute approximate surface area is 92.7 Å². The Kier molecular flexibility index (Phi) is 4.14. The van der Waals surface area contributed by atoms with E-state index in [1.165, 1.54) is 6.42 Å². The third kappa shape index (κ3) is 3.74. The molecule has 1 aliphatic carbocycles. The molecule has 0 saturated heterocycles. The minimum absolute atomic E-state index is 0.0457. The first-order valence-corrected chi connectivity index (χ1v) is 7.22. The summed E-state index contributed by atoms with van der Waals surface area (Å²) in [6.07, 6.45) is 3.27. The largest absolute Gasteiger partial charge is 0.330 e. The van der Waals surface area contributed by atoms with Gasteiger partial charge in [0.15, 0.2) is 0 Å². The second-order valence-corrected chi connectivity index (χ2v) is 6.91. The third-order valence-electron chi connectivity index (χ3n) is 3.07. The Morgan fingerprint density at radius 2 is 2.00 bits per heavy atom. The maximum absolute atomic E-state index is 11.6. The lowest BCUT2D eigenvalue weighted by Gasteiger charge is -2.40. The molecule has 0 atom stereocenters. The molecular weight excluding hydrogens is 212 g/mol. The third-order valence-corrected chi connectivity index (χ3v) is 4.76. The van der Waals surface area contributed by atoms with Crippen LogP contribution in [0.5, 0.6) is 0 Å². The van der Waals surface area contributed by atoms with Crippen molar-refractivity contribution in [2.45, 2.75) is 33.1 Å². The Hall–Kier alpha value is -0.130. The number of hydrogen-bond acceptors (Lipinski definition) is 3. The van der Waals surface area contributed by atoms with E-state index in [9.17, 15) is 8.42 Å². The minimum atomic E-state index is -3.11. The van der Waals surface area contributed by atoms with Crippen LogP contribution in [0.3, 0.4) is 0 Å². The highest BCUT2D eigenvalue weighted by Crippen LogP contribution is 2.39. The van der Waals surface area contributed by atoms with Crippen LogP contribution in [0.1, 0.15) is 33.1 Å². The zero-order chi connectivity index (χ0) is 11.5. The van der Waals surface area contributed by atoms with E-state index in [-0.39, 0.29) is 17.1 Å². The molecule has 0 aliphatic heterocycles. The summed E-state index contributed by atoms with van der Waals surface area (Å²) in [5.41, 5.74) is 5.71. The minimum Gasteiger partial charge on any atom is -0.330 e. The molecule has 90 valence electrons. The molecule has 0 amide bonds. The van der Waals surface area contributed by atoms with E-state index in [4.69, 9.17) is 5.73 Å². The maximum Gasteiger partial charge on any atom is 0.211 e. The molecular formula is C10H22N2O2S. The molecule has 0 heterocycles. The molecule has 0 aromatic carbocycles. The first-order chi connectivity index (χ1) is 6.89.